The first-order valence-corrected chi connectivity index (χ1v) is 12.4. The molecule has 4 saturated heterocycles. The number of rotatable bonds is 4. The molecule has 10 nitrogen and oxygen atoms in total. The van der Waals surface area contributed by atoms with Crippen LogP contribution in [0.1, 0.15) is 46.1 Å². The van der Waals surface area contributed by atoms with Crippen molar-refractivity contribution in [2.24, 2.45) is 11.8 Å². The molecule has 0 aliphatic carbocycles. The Morgan fingerprint density at radius 3 is 2.11 bits per heavy atom. The highest BCUT2D eigenvalue weighted by molar-refractivity contribution is 5.93. The maximum absolute atomic E-state index is 12.1. The number of benzene rings is 1. The molecule has 0 radical (unpaired) electrons. The minimum absolute atomic E-state index is 0.0476. The number of nitrogens with zero attached hydrogens (tertiary/aromatic N) is 1. The average Bonchev–Trinajstić information content (AvgIpc) is 3.60. The van der Waals surface area contributed by atoms with Gasteiger partial charge in [0.15, 0.2) is 11.6 Å². The van der Waals surface area contributed by atoms with Crippen LogP contribution in [-0.4, -0.2) is 72.9 Å². The molecule has 0 unspecified atom stereocenters. The first kappa shape index (κ1) is 26.5. The zero-order valence-corrected chi connectivity index (χ0v) is 21.4. The summed E-state index contributed by atoms with van der Waals surface area (Å²) in [6.45, 7) is 9.73. The number of hydrogen-bond donors (Lipinski definition) is 1. The van der Waals surface area contributed by atoms with Crippen LogP contribution < -0.4 is 5.32 Å². The van der Waals surface area contributed by atoms with Gasteiger partial charge in [-0.05, 0) is 33.3 Å². The summed E-state index contributed by atoms with van der Waals surface area (Å²) in [5.74, 6) is -0.965. The molecule has 10 heteroatoms. The van der Waals surface area contributed by atoms with Crippen LogP contribution in [0, 0.1) is 11.8 Å². The van der Waals surface area contributed by atoms with E-state index in [1.165, 1.54) is 4.90 Å². The Morgan fingerprint density at radius 1 is 0.972 bits per heavy atom. The van der Waals surface area contributed by atoms with Crippen molar-refractivity contribution < 1.29 is 38.1 Å². The number of ether oxygens (including phenoxy) is 5. The molecule has 1 aromatic rings. The van der Waals surface area contributed by atoms with Gasteiger partial charge in [0, 0.05) is 37.8 Å². The Labute approximate surface area is 211 Å². The number of nitrogens with one attached hydrogen (secondary N) is 1. The van der Waals surface area contributed by atoms with Gasteiger partial charge in [0.2, 0.25) is 11.8 Å². The third-order valence-electron chi connectivity index (χ3n) is 6.70. The van der Waals surface area contributed by atoms with Crippen molar-refractivity contribution >= 4 is 17.9 Å². The molecular weight excluding hydrogens is 468 g/mol. The predicted molar refractivity (Wildman–Crippen MR) is 127 cm³/mol. The van der Waals surface area contributed by atoms with Crippen LogP contribution in [0.5, 0.6) is 0 Å². The van der Waals surface area contributed by atoms with Crippen molar-refractivity contribution in [3.8, 4) is 0 Å². The number of carbonyl (C=O) groups excluding carboxylic acids is 3. The van der Waals surface area contributed by atoms with Gasteiger partial charge >= 0.3 is 6.09 Å². The summed E-state index contributed by atoms with van der Waals surface area (Å²) in [7, 11) is 0. The van der Waals surface area contributed by atoms with Crippen molar-refractivity contribution in [1.82, 2.24) is 10.2 Å². The fourth-order valence-electron chi connectivity index (χ4n) is 4.74. The summed E-state index contributed by atoms with van der Waals surface area (Å²) in [5.41, 5.74) is 0.887. The van der Waals surface area contributed by atoms with E-state index in [2.05, 4.69) is 5.32 Å². The molecule has 4 atom stereocenters. The molecule has 4 aliphatic heterocycles. The quantitative estimate of drug-likeness (QED) is 0.666. The van der Waals surface area contributed by atoms with Gasteiger partial charge in [-0.2, -0.15) is 0 Å². The van der Waals surface area contributed by atoms with E-state index in [1.54, 1.807) is 0 Å². The lowest BCUT2D eigenvalue weighted by atomic mass is 10.0. The maximum atomic E-state index is 12.1. The molecule has 0 bridgehead atoms. The summed E-state index contributed by atoms with van der Waals surface area (Å²) < 4.78 is 27.7. The maximum Gasteiger partial charge on any atom is 0.416 e. The smallest absolute Gasteiger partial charge is 0.416 e. The molecule has 0 aromatic heterocycles. The van der Waals surface area contributed by atoms with Crippen molar-refractivity contribution in [3.63, 3.8) is 0 Å². The second kappa shape index (κ2) is 10.8. The van der Waals surface area contributed by atoms with Gasteiger partial charge in [-0.3, -0.25) is 9.59 Å². The number of hydrogen-bond acceptors (Lipinski definition) is 8. The lowest BCUT2D eigenvalue weighted by molar-refractivity contribution is -0.144. The Hall–Kier alpha value is -2.53. The normalized spacial score (nSPS) is 30.6. The van der Waals surface area contributed by atoms with Crippen LogP contribution in [-0.2, 0) is 39.9 Å². The van der Waals surface area contributed by atoms with Gasteiger partial charge in [0.25, 0.3) is 0 Å². The number of amides is 3. The minimum Gasteiger partial charge on any atom is -0.444 e. The average molecular weight is 505 g/mol. The summed E-state index contributed by atoms with van der Waals surface area (Å²) in [6.07, 6.45) is 0.170. The summed E-state index contributed by atoms with van der Waals surface area (Å²) in [4.78, 5) is 36.3. The zero-order chi connectivity index (χ0) is 25.9. The van der Waals surface area contributed by atoms with E-state index in [4.69, 9.17) is 23.7 Å². The fourth-order valence-corrected chi connectivity index (χ4v) is 4.74. The molecule has 0 spiro atoms. The van der Waals surface area contributed by atoms with Crippen LogP contribution in [0.15, 0.2) is 30.3 Å². The molecule has 4 fully saturated rings. The standard InChI is InChI=1S/C17H21NO5.C9H15NO3/c1-17(2)22-11-14(23-17)13-8-15(19)18(9-13)16(20)21-10-12-6-4-3-5-7-12;1-9(2)12-5-7(13-9)6-3-8(11)10-4-6/h3-7,13-14H,8-11H2,1-2H3;6-7H,3-5H2,1-2H3,(H,10,11)/t13-,14+;6-,7+/m00/s1. The molecule has 4 heterocycles. The van der Waals surface area contributed by atoms with E-state index >= 15 is 0 Å². The van der Waals surface area contributed by atoms with Crippen molar-refractivity contribution in [2.45, 2.75) is 70.9 Å². The lowest BCUT2D eigenvalue weighted by Crippen LogP contribution is -2.34. The summed E-state index contributed by atoms with van der Waals surface area (Å²) in [6, 6.07) is 9.38. The Balaban J connectivity index is 0.000000197. The molecule has 1 aromatic carbocycles. The van der Waals surface area contributed by atoms with E-state index in [0.717, 1.165) is 12.1 Å². The third kappa shape index (κ3) is 6.82. The highest BCUT2D eigenvalue weighted by Crippen LogP contribution is 2.32. The molecule has 1 N–H and O–H groups in total. The van der Waals surface area contributed by atoms with E-state index in [0.29, 0.717) is 26.2 Å². The van der Waals surface area contributed by atoms with Crippen LogP contribution in [0.25, 0.3) is 0 Å². The molecule has 3 amide bonds. The van der Waals surface area contributed by atoms with Gasteiger partial charge in [-0.25, -0.2) is 9.69 Å². The molecule has 36 heavy (non-hydrogen) atoms. The number of carbonyl (C=O) groups is 3. The van der Waals surface area contributed by atoms with E-state index in [9.17, 15) is 14.4 Å². The molecule has 5 rings (SSSR count). The van der Waals surface area contributed by atoms with Crippen LogP contribution >= 0.6 is 0 Å². The molecular formula is C26H36N2O8. The summed E-state index contributed by atoms with van der Waals surface area (Å²) in [5, 5.41) is 2.80. The monoisotopic (exact) mass is 504 g/mol. The van der Waals surface area contributed by atoms with Crippen LogP contribution in [0.2, 0.25) is 0 Å². The second-order valence-electron chi connectivity index (χ2n) is 10.5. The largest absolute Gasteiger partial charge is 0.444 e. The van der Waals surface area contributed by atoms with E-state index in [-0.39, 0.29) is 48.9 Å². The molecule has 0 saturated carbocycles. The van der Waals surface area contributed by atoms with Crippen molar-refractivity contribution in [2.75, 3.05) is 26.3 Å². The summed E-state index contributed by atoms with van der Waals surface area (Å²) >= 11 is 0. The van der Waals surface area contributed by atoms with Gasteiger partial charge in [0.1, 0.15) is 6.61 Å². The molecule has 198 valence electrons. The Morgan fingerprint density at radius 2 is 1.58 bits per heavy atom. The van der Waals surface area contributed by atoms with Gasteiger partial charge in [-0.1, -0.05) is 30.3 Å². The van der Waals surface area contributed by atoms with E-state index < -0.39 is 17.7 Å². The van der Waals surface area contributed by atoms with Gasteiger partial charge in [0.05, 0.1) is 25.4 Å². The number of likely N-dealkylation sites (tertiary alicyclic amines) is 1. The SMILES string of the molecule is CC1(C)OC[C@H]([C@@H]2CNC(=O)C2)O1.CC1(C)OC[C@H]([C@H]2CC(=O)N(C(=O)OCc3ccccc3)C2)O1. The fraction of sp³-hybridized carbons (Fsp3) is 0.654. The van der Waals surface area contributed by atoms with Gasteiger partial charge in [-0.15, -0.1) is 0 Å². The highest BCUT2D eigenvalue weighted by atomic mass is 16.7. The Bertz CT molecular complexity index is 951. The van der Waals surface area contributed by atoms with Crippen molar-refractivity contribution in [1.29, 1.82) is 0 Å². The second-order valence-corrected chi connectivity index (χ2v) is 10.5. The topological polar surface area (TPSA) is 113 Å². The third-order valence-corrected chi connectivity index (χ3v) is 6.70. The lowest BCUT2D eigenvalue weighted by Gasteiger charge is -2.20. The first-order chi connectivity index (χ1) is 17.0. The van der Waals surface area contributed by atoms with Crippen LogP contribution in [0.3, 0.4) is 0 Å². The predicted octanol–water partition coefficient (Wildman–Crippen LogP) is 2.60. The van der Waals surface area contributed by atoms with Gasteiger partial charge < -0.3 is 29.0 Å². The van der Waals surface area contributed by atoms with Crippen LogP contribution in [0.4, 0.5) is 4.79 Å². The number of imide groups is 1. The van der Waals surface area contributed by atoms with Crippen molar-refractivity contribution in [3.05, 3.63) is 35.9 Å². The van der Waals surface area contributed by atoms with E-state index in [1.807, 2.05) is 58.0 Å². The Kier molecular flexibility index (Phi) is 7.99. The first-order valence-electron chi connectivity index (χ1n) is 12.4. The zero-order valence-electron chi connectivity index (χ0n) is 21.4. The highest BCUT2D eigenvalue weighted by Gasteiger charge is 2.44. The molecule has 4 aliphatic rings. The minimum atomic E-state index is -0.630.